The normalized spacial score (nSPS) is 26.2. The Morgan fingerprint density at radius 3 is 2.65 bits per heavy atom. The Morgan fingerprint density at radius 1 is 1.24 bits per heavy atom. The van der Waals surface area contributed by atoms with E-state index in [2.05, 4.69) is 46.2 Å². The zero-order valence-corrected chi connectivity index (χ0v) is 21.8. The largest absolute Gasteiger partial charge is 0.385 e. The van der Waals surface area contributed by atoms with Gasteiger partial charge in [0.15, 0.2) is 11.5 Å². The summed E-state index contributed by atoms with van der Waals surface area (Å²) in [5, 5.41) is 23.8. The Balaban J connectivity index is 1.40. The lowest BCUT2D eigenvalue weighted by Gasteiger charge is -2.42. The van der Waals surface area contributed by atoms with E-state index in [-0.39, 0.29) is 16.9 Å². The van der Waals surface area contributed by atoms with Gasteiger partial charge in [0.05, 0.1) is 18.8 Å². The third kappa shape index (κ3) is 5.64. The van der Waals surface area contributed by atoms with E-state index in [0.29, 0.717) is 11.7 Å². The van der Waals surface area contributed by atoms with Gasteiger partial charge in [-0.25, -0.2) is 4.98 Å². The number of hydrogen-bond donors (Lipinski definition) is 3. The highest BCUT2D eigenvalue weighted by Crippen LogP contribution is 2.44. The molecule has 0 radical (unpaired) electrons. The number of nitrogens with zero attached hydrogens (tertiary/aromatic N) is 3. The maximum absolute atomic E-state index is 12.9. The molecular weight excluding hydrogens is 466 g/mol. The van der Waals surface area contributed by atoms with Crippen molar-refractivity contribution in [2.24, 2.45) is 5.41 Å². The summed E-state index contributed by atoms with van der Waals surface area (Å²) in [5.41, 5.74) is 3.31. The van der Waals surface area contributed by atoms with E-state index in [0.717, 1.165) is 82.4 Å². The number of nitriles is 1. The molecule has 1 aromatic heterocycles. The summed E-state index contributed by atoms with van der Waals surface area (Å²) in [6.07, 6.45) is 10.00. The Hall–Kier alpha value is -2.99. The smallest absolute Gasteiger partial charge is 0.291 e. The van der Waals surface area contributed by atoms with Crippen molar-refractivity contribution in [3.05, 3.63) is 53.1 Å². The molecule has 2 heterocycles. The van der Waals surface area contributed by atoms with Crippen molar-refractivity contribution >= 4 is 17.2 Å². The average Bonchev–Trinajstić information content (AvgIpc) is 3.40. The van der Waals surface area contributed by atoms with E-state index in [9.17, 15) is 9.90 Å². The van der Waals surface area contributed by atoms with Crippen molar-refractivity contribution in [3.63, 3.8) is 0 Å². The minimum atomic E-state index is -0.878. The standard InChI is InChI=1S/C29H37N5O3/c1-28(2)9-5-20(6-10-28)24-17-21(3-4-25(24)33-27(35)26-31-19-22(18-30)32-26)29(36)11-7-23(8-12-29)34-13-15-37-16-14-34/h3-5,17,19,23,36H,6-16H2,1-2H3,(H,31,32)(H,33,35)/t23-,29+. The predicted octanol–water partition coefficient (Wildman–Crippen LogP) is 4.59. The number of hydrogen-bond acceptors (Lipinski definition) is 6. The second-order valence-corrected chi connectivity index (χ2v) is 11.5. The number of nitrogens with one attached hydrogen (secondary N) is 2. The van der Waals surface area contributed by atoms with E-state index in [1.807, 2.05) is 18.2 Å². The van der Waals surface area contributed by atoms with Gasteiger partial charge in [0, 0.05) is 36.6 Å². The molecule has 5 rings (SSSR count). The van der Waals surface area contributed by atoms with E-state index >= 15 is 0 Å². The van der Waals surface area contributed by atoms with Crippen molar-refractivity contribution in [2.45, 2.75) is 70.4 Å². The fraction of sp³-hybridized carbons (Fsp3) is 0.552. The summed E-state index contributed by atoms with van der Waals surface area (Å²) >= 11 is 0. The van der Waals surface area contributed by atoms with Crippen molar-refractivity contribution in [2.75, 3.05) is 31.6 Å². The molecule has 0 atom stereocenters. The molecular formula is C29H37N5O3. The van der Waals surface area contributed by atoms with Gasteiger partial charge < -0.3 is 20.1 Å². The van der Waals surface area contributed by atoms with Crippen LogP contribution in [0.25, 0.3) is 5.57 Å². The van der Waals surface area contributed by atoms with Crippen LogP contribution in [0.15, 0.2) is 30.5 Å². The second kappa shape index (κ2) is 10.4. The molecule has 196 valence electrons. The highest BCUT2D eigenvalue weighted by molar-refractivity contribution is 6.03. The van der Waals surface area contributed by atoms with Gasteiger partial charge in [-0.15, -0.1) is 0 Å². The lowest BCUT2D eigenvalue weighted by molar-refractivity contribution is -0.0447. The lowest BCUT2D eigenvalue weighted by Crippen LogP contribution is -2.47. The summed E-state index contributed by atoms with van der Waals surface area (Å²) in [6, 6.07) is 8.37. The number of morpholine rings is 1. The summed E-state index contributed by atoms with van der Waals surface area (Å²) in [5.74, 6) is -0.289. The first-order chi connectivity index (χ1) is 17.8. The number of H-pyrrole nitrogens is 1. The van der Waals surface area contributed by atoms with Crippen LogP contribution >= 0.6 is 0 Å². The number of carbonyl (C=O) groups excluding carboxylic acids is 1. The molecule has 3 N–H and O–H groups in total. The Kier molecular flexibility index (Phi) is 7.21. The topological polar surface area (TPSA) is 114 Å². The van der Waals surface area contributed by atoms with Gasteiger partial charge in [-0.1, -0.05) is 26.0 Å². The maximum atomic E-state index is 12.9. The maximum Gasteiger partial charge on any atom is 0.291 e. The van der Waals surface area contributed by atoms with Crippen molar-refractivity contribution < 1.29 is 14.6 Å². The molecule has 8 nitrogen and oxygen atoms in total. The number of benzene rings is 1. The number of rotatable bonds is 5. The van der Waals surface area contributed by atoms with Crippen LogP contribution in [0.1, 0.15) is 86.2 Å². The number of ether oxygens (including phenoxy) is 1. The fourth-order valence-electron chi connectivity index (χ4n) is 5.88. The number of amides is 1. The zero-order chi connectivity index (χ0) is 26.0. The Morgan fingerprint density at radius 2 is 2.00 bits per heavy atom. The monoisotopic (exact) mass is 503 g/mol. The Labute approximate surface area is 218 Å². The Bertz CT molecular complexity index is 1210. The molecule has 0 bridgehead atoms. The van der Waals surface area contributed by atoms with Gasteiger partial charge in [0.25, 0.3) is 5.91 Å². The number of carbonyl (C=O) groups is 1. The molecule has 1 aliphatic heterocycles. The molecule has 2 aromatic rings. The summed E-state index contributed by atoms with van der Waals surface area (Å²) in [4.78, 5) is 22.2. The minimum Gasteiger partial charge on any atom is -0.385 e. The van der Waals surface area contributed by atoms with E-state index in [1.165, 1.54) is 11.8 Å². The fourth-order valence-corrected chi connectivity index (χ4v) is 5.88. The summed E-state index contributed by atoms with van der Waals surface area (Å²) in [6.45, 7) is 8.07. The number of aromatic amines is 1. The van der Waals surface area contributed by atoms with Crippen LogP contribution in [-0.4, -0.2) is 58.2 Å². The van der Waals surface area contributed by atoms with Gasteiger partial charge >= 0.3 is 0 Å². The first kappa shape index (κ1) is 25.7. The quantitative estimate of drug-likeness (QED) is 0.550. The van der Waals surface area contributed by atoms with Crippen LogP contribution in [0, 0.1) is 16.7 Å². The van der Waals surface area contributed by atoms with Crippen LogP contribution in [-0.2, 0) is 10.3 Å². The van der Waals surface area contributed by atoms with Gasteiger partial charge in [-0.3, -0.25) is 9.69 Å². The third-order valence-electron chi connectivity index (χ3n) is 8.38. The van der Waals surface area contributed by atoms with E-state index < -0.39 is 11.5 Å². The molecule has 0 spiro atoms. The van der Waals surface area contributed by atoms with Gasteiger partial charge in [0.1, 0.15) is 6.07 Å². The summed E-state index contributed by atoms with van der Waals surface area (Å²) in [7, 11) is 0. The minimum absolute atomic E-state index is 0.102. The SMILES string of the molecule is CC1(C)CC=C(c2cc([C@]3(O)CC[C@@H](N4CCOCC4)CC3)ccc2NC(=O)c2nc(C#N)c[nH]2)CC1. The highest BCUT2D eigenvalue weighted by atomic mass is 16.5. The number of anilines is 1. The van der Waals surface area contributed by atoms with Crippen LogP contribution < -0.4 is 5.32 Å². The van der Waals surface area contributed by atoms with Crippen LogP contribution in [0.3, 0.4) is 0 Å². The lowest BCUT2D eigenvalue weighted by atomic mass is 9.74. The highest BCUT2D eigenvalue weighted by Gasteiger charge is 2.37. The van der Waals surface area contributed by atoms with Crippen molar-refractivity contribution in [1.82, 2.24) is 14.9 Å². The predicted molar refractivity (Wildman–Crippen MR) is 142 cm³/mol. The van der Waals surface area contributed by atoms with E-state index in [4.69, 9.17) is 10.00 Å². The van der Waals surface area contributed by atoms with Crippen LogP contribution in [0.4, 0.5) is 5.69 Å². The molecule has 1 amide bonds. The number of aromatic nitrogens is 2. The average molecular weight is 504 g/mol. The summed E-state index contributed by atoms with van der Waals surface area (Å²) < 4.78 is 5.51. The van der Waals surface area contributed by atoms with Gasteiger partial charge in [-0.2, -0.15) is 5.26 Å². The third-order valence-corrected chi connectivity index (χ3v) is 8.38. The molecule has 1 aromatic carbocycles. The second-order valence-electron chi connectivity index (χ2n) is 11.5. The molecule has 1 saturated carbocycles. The first-order valence-electron chi connectivity index (χ1n) is 13.4. The molecule has 2 fully saturated rings. The molecule has 0 unspecified atom stereocenters. The van der Waals surface area contributed by atoms with Gasteiger partial charge in [0.2, 0.25) is 0 Å². The van der Waals surface area contributed by atoms with Gasteiger partial charge in [-0.05, 0) is 73.6 Å². The van der Waals surface area contributed by atoms with Crippen LogP contribution in [0.2, 0.25) is 0 Å². The van der Waals surface area contributed by atoms with Crippen molar-refractivity contribution in [3.8, 4) is 6.07 Å². The van der Waals surface area contributed by atoms with Crippen molar-refractivity contribution in [1.29, 1.82) is 5.26 Å². The number of imidazole rings is 1. The van der Waals surface area contributed by atoms with Crippen LogP contribution in [0.5, 0.6) is 0 Å². The number of aliphatic hydroxyl groups is 1. The number of allylic oxidation sites excluding steroid dienone is 2. The molecule has 3 aliphatic rings. The first-order valence-corrected chi connectivity index (χ1v) is 13.4. The zero-order valence-electron chi connectivity index (χ0n) is 21.8. The molecule has 2 aliphatic carbocycles. The molecule has 1 saturated heterocycles. The molecule has 8 heteroatoms. The van der Waals surface area contributed by atoms with E-state index in [1.54, 1.807) is 0 Å². The molecule has 37 heavy (non-hydrogen) atoms.